The summed E-state index contributed by atoms with van der Waals surface area (Å²) in [5, 5.41) is 7.75. The summed E-state index contributed by atoms with van der Waals surface area (Å²) in [6.45, 7) is 0.960. The quantitative estimate of drug-likeness (QED) is 0.559. The van der Waals surface area contributed by atoms with Crippen molar-refractivity contribution in [3.8, 4) is 0 Å². The summed E-state index contributed by atoms with van der Waals surface area (Å²) in [6.07, 6.45) is 3.93. The van der Waals surface area contributed by atoms with Crippen molar-refractivity contribution in [2.24, 2.45) is 0 Å². The summed E-state index contributed by atoms with van der Waals surface area (Å²) in [5.74, 6) is 1.49. The molecule has 0 saturated carbocycles. The Morgan fingerprint density at radius 1 is 1.15 bits per heavy atom. The Morgan fingerprint density at radius 3 is 2.92 bits per heavy atom. The highest BCUT2D eigenvalue weighted by molar-refractivity contribution is 7.08. The van der Waals surface area contributed by atoms with Gasteiger partial charge in [0.1, 0.15) is 5.52 Å². The molecule has 7 heteroatoms. The predicted molar refractivity (Wildman–Crippen MR) is 105 cm³/mol. The van der Waals surface area contributed by atoms with Gasteiger partial charge in [0.05, 0.1) is 12.4 Å². The number of anilines is 3. The molecule has 0 radical (unpaired) electrons. The van der Waals surface area contributed by atoms with Crippen LogP contribution in [0.15, 0.2) is 53.5 Å². The number of hydrogen-bond donors (Lipinski definition) is 2. The molecule has 4 aromatic rings. The maximum absolute atomic E-state index is 4.85. The third-order valence-electron chi connectivity index (χ3n) is 4.75. The minimum Gasteiger partial charge on any atom is -0.340 e. The van der Waals surface area contributed by atoms with E-state index in [0.717, 1.165) is 42.4 Å². The van der Waals surface area contributed by atoms with Gasteiger partial charge in [-0.2, -0.15) is 21.3 Å². The number of imidazole rings is 1. The highest BCUT2D eigenvalue weighted by Gasteiger charge is 2.29. The first-order chi connectivity index (χ1) is 12.9. The summed E-state index contributed by atoms with van der Waals surface area (Å²) in [5.41, 5.74) is 3.84. The van der Waals surface area contributed by atoms with Crippen LogP contribution >= 0.6 is 11.3 Å². The Balaban J connectivity index is 1.56. The molecule has 4 heterocycles. The lowest BCUT2D eigenvalue weighted by Crippen LogP contribution is -2.24. The van der Waals surface area contributed by atoms with E-state index in [2.05, 4.69) is 37.0 Å². The van der Waals surface area contributed by atoms with E-state index in [4.69, 9.17) is 9.97 Å². The molecule has 1 unspecified atom stereocenters. The van der Waals surface area contributed by atoms with Gasteiger partial charge in [-0.1, -0.05) is 18.2 Å². The van der Waals surface area contributed by atoms with Crippen LogP contribution in [0.2, 0.25) is 0 Å². The number of para-hydroxylation sites is 1. The van der Waals surface area contributed by atoms with Crippen molar-refractivity contribution in [2.45, 2.75) is 18.9 Å². The predicted octanol–water partition coefficient (Wildman–Crippen LogP) is 4.50. The Labute approximate surface area is 154 Å². The number of nitrogens with one attached hydrogen (secondary N) is 2. The van der Waals surface area contributed by atoms with Gasteiger partial charge >= 0.3 is 0 Å². The minimum absolute atomic E-state index is 0.335. The third kappa shape index (κ3) is 2.70. The van der Waals surface area contributed by atoms with E-state index in [1.54, 1.807) is 17.7 Å². The van der Waals surface area contributed by atoms with Crippen LogP contribution in [0, 0.1) is 0 Å². The fourth-order valence-electron chi connectivity index (χ4n) is 3.52. The second-order valence-electron chi connectivity index (χ2n) is 6.37. The average molecular weight is 362 g/mol. The standard InChI is InChI=1S/C19H18N6S/c1-2-5-14(6-3-1)22-18-16-17(21-12-20-16)23-19(24-18)25-9-4-7-15(25)13-8-10-26-11-13/h1-3,5-6,8,10-12,15H,4,7,9H2,(H2,20,21,22,23,24). The highest BCUT2D eigenvalue weighted by Crippen LogP contribution is 2.36. The molecular weight excluding hydrogens is 344 g/mol. The molecule has 0 amide bonds. The van der Waals surface area contributed by atoms with Gasteiger partial charge in [0.15, 0.2) is 11.5 Å². The molecule has 0 spiro atoms. The topological polar surface area (TPSA) is 69.7 Å². The Kier molecular flexibility index (Phi) is 3.79. The molecule has 1 fully saturated rings. The number of hydrogen-bond acceptors (Lipinski definition) is 6. The monoisotopic (exact) mass is 362 g/mol. The van der Waals surface area contributed by atoms with Gasteiger partial charge in [-0.15, -0.1) is 0 Å². The molecule has 1 saturated heterocycles. The first-order valence-corrected chi connectivity index (χ1v) is 9.65. The van der Waals surface area contributed by atoms with Crippen molar-refractivity contribution in [1.82, 2.24) is 19.9 Å². The number of fused-ring (bicyclic) bond motifs is 1. The molecule has 3 aromatic heterocycles. The zero-order valence-corrected chi connectivity index (χ0v) is 14.9. The van der Waals surface area contributed by atoms with Gasteiger partial charge in [0, 0.05) is 12.2 Å². The molecule has 130 valence electrons. The van der Waals surface area contributed by atoms with E-state index < -0.39 is 0 Å². The Bertz CT molecular complexity index is 1010. The molecule has 6 nitrogen and oxygen atoms in total. The maximum atomic E-state index is 4.85. The first kappa shape index (κ1) is 15.3. The number of H-pyrrole nitrogens is 1. The van der Waals surface area contributed by atoms with Crippen LogP contribution in [0.4, 0.5) is 17.5 Å². The van der Waals surface area contributed by atoms with Gasteiger partial charge in [0.25, 0.3) is 0 Å². The number of aromatic nitrogens is 4. The molecule has 0 bridgehead atoms. The average Bonchev–Trinajstić information content (AvgIpc) is 3.42. The van der Waals surface area contributed by atoms with E-state index in [0.29, 0.717) is 11.7 Å². The molecule has 0 aliphatic carbocycles. The molecule has 1 aliphatic heterocycles. The first-order valence-electron chi connectivity index (χ1n) is 8.70. The molecular formula is C19H18N6S. The van der Waals surface area contributed by atoms with Crippen LogP contribution in [0.3, 0.4) is 0 Å². The van der Waals surface area contributed by atoms with Gasteiger partial charge in [-0.3, -0.25) is 0 Å². The van der Waals surface area contributed by atoms with Crippen molar-refractivity contribution in [2.75, 3.05) is 16.8 Å². The highest BCUT2D eigenvalue weighted by atomic mass is 32.1. The smallest absolute Gasteiger partial charge is 0.230 e. The van der Waals surface area contributed by atoms with Gasteiger partial charge in [0.2, 0.25) is 5.95 Å². The zero-order chi connectivity index (χ0) is 17.3. The normalized spacial score (nSPS) is 17.1. The van der Waals surface area contributed by atoms with Crippen LogP contribution in [-0.2, 0) is 0 Å². The van der Waals surface area contributed by atoms with E-state index in [1.807, 2.05) is 30.3 Å². The van der Waals surface area contributed by atoms with Crippen molar-refractivity contribution in [3.63, 3.8) is 0 Å². The van der Waals surface area contributed by atoms with E-state index >= 15 is 0 Å². The van der Waals surface area contributed by atoms with E-state index in [-0.39, 0.29) is 0 Å². The van der Waals surface area contributed by atoms with Crippen LogP contribution in [0.1, 0.15) is 24.4 Å². The second-order valence-corrected chi connectivity index (χ2v) is 7.15. The van der Waals surface area contributed by atoms with Crippen molar-refractivity contribution >= 4 is 40.0 Å². The summed E-state index contributed by atoms with van der Waals surface area (Å²) >= 11 is 1.74. The largest absolute Gasteiger partial charge is 0.340 e. The number of rotatable bonds is 4. The van der Waals surface area contributed by atoms with E-state index in [9.17, 15) is 0 Å². The van der Waals surface area contributed by atoms with Gasteiger partial charge in [-0.25, -0.2) is 4.98 Å². The molecule has 26 heavy (non-hydrogen) atoms. The molecule has 1 aliphatic rings. The lowest BCUT2D eigenvalue weighted by Gasteiger charge is -2.24. The summed E-state index contributed by atoms with van der Waals surface area (Å²) in [6, 6.07) is 12.6. The molecule has 1 aromatic carbocycles. The van der Waals surface area contributed by atoms with Crippen LogP contribution in [-0.4, -0.2) is 26.5 Å². The van der Waals surface area contributed by atoms with Gasteiger partial charge in [-0.05, 0) is 47.4 Å². The van der Waals surface area contributed by atoms with Gasteiger partial charge < -0.3 is 15.2 Å². The summed E-state index contributed by atoms with van der Waals surface area (Å²) < 4.78 is 0. The molecule has 1 atom stereocenters. The zero-order valence-electron chi connectivity index (χ0n) is 14.1. The van der Waals surface area contributed by atoms with Crippen molar-refractivity contribution in [3.05, 3.63) is 59.0 Å². The van der Waals surface area contributed by atoms with Crippen LogP contribution in [0.25, 0.3) is 11.2 Å². The van der Waals surface area contributed by atoms with Crippen LogP contribution < -0.4 is 10.2 Å². The van der Waals surface area contributed by atoms with E-state index in [1.165, 1.54) is 5.56 Å². The fourth-order valence-corrected chi connectivity index (χ4v) is 4.22. The minimum atomic E-state index is 0.335. The number of benzene rings is 1. The maximum Gasteiger partial charge on any atom is 0.230 e. The Hall–Kier alpha value is -2.93. The molecule has 2 N–H and O–H groups in total. The van der Waals surface area contributed by atoms with Crippen LogP contribution in [0.5, 0.6) is 0 Å². The summed E-state index contributed by atoms with van der Waals surface area (Å²) in [7, 11) is 0. The molecule has 5 rings (SSSR count). The fraction of sp³-hybridized carbons (Fsp3) is 0.211. The number of thiophene rings is 1. The number of nitrogens with zero attached hydrogens (tertiary/aromatic N) is 4. The lowest BCUT2D eigenvalue weighted by atomic mass is 10.1. The van der Waals surface area contributed by atoms with Crippen molar-refractivity contribution in [1.29, 1.82) is 0 Å². The third-order valence-corrected chi connectivity index (χ3v) is 5.45. The SMILES string of the molecule is c1ccc(Nc2nc(N3CCCC3c3ccsc3)nc3nc[nH]c23)cc1. The Morgan fingerprint density at radius 2 is 2.08 bits per heavy atom. The van der Waals surface area contributed by atoms with Crippen molar-refractivity contribution < 1.29 is 0 Å². The summed E-state index contributed by atoms with van der Waals surface area (Å²) in [4.78, 5) is 19.4. The number of aromatic amines is 1. The second kappa shape index (κ2) is 6.42. The lowest BCUT2D eigenvalue weighted by molar-refractivity contribution is 0.706.